The Morgan fingerprint density at radius 1 is 1.25 bits per heavy atom. The van der Waals surface area contributed by atoms with Crippen molar-refractivity contribution >= 4 is 23.4 Å². The summed E-state index contributed by atoms with van der Waals surface area (Å²) in [7, 11) is 0. The molecule has 2 fully saturated rings. The Balaban J connectivity index is 1.52. The molecule has 3 rings (SSSR count). The summed E-state index contributed by atoms with van der Waals surface area (Å²) in [5.41, 5.74) is -0.252. The van der Waals surface area contributed by atoms with Crippen molar-refractivity contribution in [3.05, 3.63) is 34.6 Å². The van der Waals surface area contributed by atoms with Gasteiger partial charge in [0.1, 0.15) is 5.82 Å². The number of likely N-dealkylation sites (tertiary alicyclic amines) is 1. The number of benzene rings is 1. The van der Waals surface area contributed by atoms with Crippen molar-refractivity contribution in [3.63, 3.8) is 0 Å². The molecule has 6 nitrogen and oxygen atoms in total. The zero-order valence-corrected chi connectivity index (χ0v) is 13.8. The number of amides is 2. The highest BCUT2D eigenvalue weighted by Gasteiger charge is 2.40. The van der Waals surface area contributed by atoms with Gasteiger partial charge in [-0.15, -0.1) is 0 Å². The van der Waals surface area contributed by atoms with Gasteiger partial charge in [0, 0.05) is 25.9 Å². The lowest BCUT2D eigenvalue weighted by molar-refractivity contribution is -0.187. The molecule has 2 aliphatic heterocycles. The number of ether oxygens (including phenoxy) is 2. The highest BCUT2D eigenvalue weighted by Crippen LogP contribution is 2.31. The van der Waals surface area contributed by atoms with Gasteiger partial charge < -0.3 is 19.7 Å². The Kier molecular flexibility index (Phi) is 5.03. The van der Waals surface area contributed by atoms with Gasteiger partial charge in [-0.25, -0.2) is 4.39 Å². The van der Waals surface area contributed by atoms with Crippen LogP contribution in [0.25, 0.3) is 0 Å². The molecule has 2 aliphatic rings. The Bertz CT molecular complexity index is 619. The summed E-state index contributed by atoms with van der Waals surface area (Å²) in [6.07, 6.45) is 1.21. The molecule has 0 radical (unpaired) electrons. The molecule has 1 aromatic rings. The van der Waals surface area contributed by atoms with Gasteiger partial charge in [0.05, 0.1) is 30.3 Å². The summed E-state index contributed by atoms with van der Waals surface area (Å²) >= 11 is 5.83. The molecule has 0 bridgehead atoms. The SMILES string of the molecule is O=C(NCC(=O)N1CCC2(CC1)OCCO2)c1c(F)cccc1Cl. The second-order valence-electron chi connectivity index (χ2n) is 5.77. The predicted molar refractivity (Wildman–Crippen MR) is 84.2 cm³/mol. The zero-order valence-electron chi connectivity index (χ0n) is 13.0. The van der Waals surface area contributed by atoms with E-state index in [0.29, 0.717) is 39.1 Å². The first-order valence-electron chi connectivity index (χ1n) is 7.79. The number of carbonyl (C=O) groups excluding carboxylic acids is 2. The molecule has 2 heterocycles. The van der Waals surface area contributed by atoms with Crippen molar-refractivity contribution < 1.29 is 23.5 Å². The third-order valence-corrected chi connectivity index (χ3v) is 4.60. The third kappa shape index (κ3) is 3.53. The van der Waals surface area contributed by atoms with Crippen LogP contribution in [0.3, 0.4) is 0 Å². The summed E-state index contributed by atoms with van der Waals surface area (Å²) in [5.74, 6) is -2.21. The van der Waals surface area contributed by atoms with Crippen LogP contribution in [0.1, 0.15) is 23.2 Å². The molecular weight excluding hydrogens is 339 g/mol. The van der Waals surface area contributed by atoms with E-state index in [-0.39, 0.29) is 23.0 Å². The van der Waals surface area contributed by atoms with Crippen LogP contribution in [0.5, 0.6) is 0 Å². The highest BCUT2D eigenvalue weighted by atomic mass is 35.5. The molecule has 0 unspecified atom stereocenters. The Morgan fingerprint density at radius 2 is 1.92 bits per heavy atom. The number of rotatable bonds is 3. The number of halogens is 2. The number of nitrogens with zero attached hydrogens (tertiary/aromatic N) is 1. The highest BCUT2D eigenvalue weighted by molar-refractivity contribution is 6.33. The topological polar surface area (TPSA) is 67.9 Å². The summed E-state index contributed by atoms with van der Waals surface area (Å²) in [6.45, 7) is 1.93. The molecule has 0 aromatic heterocycles. The zero-order chi connectivity index (χ0) is 17.2. The maximum atomic E-state index is 13.7. The average Bonchev–Trinajstić information content (AvgIpc) is 3.01. The number of nitrogens with one attached hydrogen (secondary N) is 1. The van der Waals surface area contributed by atoms with Crippen LogP contribution in [0.2, 0.25) is 5.02 Å². The lowest BCUT2D eigenvalue weighted by Crippen LogP contribution is -2.49. The standard InChI is InChI=1S/C16H18ClFN2O4/c17-11-2-1-3-12(18)14(11)15(22)19-10-13(21)20-6-4-16(5-7-20)23-8-9-24-16/h1-3H,4-10H2,(H,19,22). The van der Waals surface area contributed by atoms with E-state index in [1.165, 1.54) is 12.1 Å². The van der Waals surface area contributed by atoms with Gasteiger partial charge in [-0.2, -0.15) is 0 Å². The van der Waals surface area contributed by atoms with E-state index in [9.17, 15) is 14.0 Å². The molecule has 1 spiro atoms. The van der Waals surface area contributed by atoms with Crippen molar-refractivity contribution in [1.29, 1.82) is 0 Å². The number of carbonyl (C=O) groups is 2. The van der Waals surface area contributed by atoms with E-state index in [1.54, 1.807) is 4.90 Å². The maximum absolute atomic E-state index is 13.7. The fourth-order valence-electron chi connectivity index (χ4n) is 2.95. The van der Waals surface area contributed by atoms with Crippen LogP contribution >= 0.6 is 11.6 Å². The van der Waals surface area contributed by atoms with Crippen LogP contribution in [-0.2, 0) is 14.3 Å². The minimum atomic E-state index is -0.720. The van der Waals surface area contributed by atoms with Crippen molar-refractivity contribution in [2.45, 2.75) is 18.6 Å². The Labute approximate surface area is 143 Å². The molecule has 1 aromatic carbocycles. The van der Waals surface area contributed by atoms with E-state index in [2.05, 4.69) is 5.32 Å². The first-order valence-corrected chi connectivity index (χ1v) is 8.16. The van der Waals surface area contributed by atoms with E-state index < -0.39 is 17.5 Å². The molecule has 2 saturated heterocycles. The fraction of sp³-hybridized carbons (Fsp3) is 0.500. The number of hydrogen-bond acceptors (Lipinski definition) is 4. The quantitative estimate of drug-likeness (QED) is 0.892. The molecule has 1 N–H and O–H groups in total. The Morgan fingerprint density at radius 3 is 2.54 bits per heavy atom. The molecule has 130 valence electrons. The monoisotopic (exact) mass is 356 g/mol. The van der Waals surface area contributed by atoms with Gasteiger partial charge in [-0.3, -0.25) is 9.59 Å². The number of hydrogen-bond donors (Lipinski definition) is 1. The Hall–Kier alpha value is -1.70. The van der Waals surface area contributed by atoms with Gasteiger partial charge in [-0.05, 0) is 12.1 Å². The predicted octanol–water partition coefficient (Wildman–Crippen LogP) is 1.57. The van der Waals surface area contributed by atoms with Gasteiger partial charge >= 0.3 is 0 Å². The normalized spacial score (nSPS) is 19.5. The van der Waals surface area contributed by atoms with Crippen molar-refractivity contribution in [1.82, 2.24) is 10.2 Å². The van der Waals surface area contributed by atoms with Gasteiger partial charge in [0.2, 0.25) is 5.91 Å². The smallest absolute Gasteiger partial charge is 0.256 e. The van der Waals surface area contributed by atoms with Gasteiger partial charge in [-0.1, -0.05) is 17.7 Å². The maximum Gasteiger partial charge on any atom is 0.256 e. The van der Waals surface area contributed by atoms with E-state index >= 15 is 0 Å². The van der Waals surface area contributed by atoms with E-state index in [1.807, 2.05) is 0 Å². The molecule has 0 atom stereocenters. The van der Waals surface area contributed by atoms with E-state index in [0.717, 1.165) is 6.07 Å². The largest absolute Gasteiger partial charge is 0.347 e. The minimum absolute atomic E-state index is 0.00962. The second kappa shape index (κ2) is 7.04. The van der Waals surface area contributed by atoms with Gasteiger partial charge in [0.25, 0.3) is 5.91 Å². The van der Waals surface area contributed by atoms with Crippen LogP contribution in [0, 0.1) is 5.82 Å². The molecule has 2 amide bonds. The van der Waals surface area contributed by atoms with Crippen molar-refractivity contribution in [2.75, 3.05) is 32.8 Å². The van der Waals surface area contributed by atoms with Gasteiger partial charge in [0.15, 0.2) is 5.79 Å². The number of piperidine rings is 1. The lowest BCUT2D eigenvalue weighted by atomic mass is 10.0. The molecule has 24 heavy (non-hydrogen) atoms. The average molecular weight is 357 g/mol. The van der Waals surface area contributed by atoms with Crippen LogP contribution in [-0.4, -0.2) is 55.3 Å². The first kappa shape index (κ1) is 17.1. The van der Waals surface area contributed by atoms with Crippen molar-refractivity contribution in [2.24, 2.45) is 0 Å². The lowest BCUT2D eigenvalue weighted by Gasteiger charge is -2.37. The summed E-state index contributed by atoms with van der Waals surface area (Å²) < 4.78 is 24.9. The summed E-state index contributed by atoms with van der Waals surface area (Å²) in [4.78, 5) is 25.9. The van der Waals surface area contributed by atoms with Crippen molar-refractivity contribution in [3.8, 4) is 0 Å². The molecule has 0 saturated carbocycles. The second-order valence-corrected chi connectivity index (χ2v) is 6.17. The summed E-state index contributed by atoms with van der Waals surface area (Å²) in [6, 6.07) is 3.98. The summed E-state index contributed by atoms with van der Waals surface area (Å²) in [5, 5.41) is 2.43. The van der Waals surface area contributed by atoms with Crippen LogP contribution < -0.4 is 5.32 Å². The molecular formula is C16H18ClFN2O4. The van der Waals surface area contributed by atoms with Crippen LogP contribution in [0.15, 0.2) is 18.2 Å². The molecule has 0 aliphatic carbocycles. The first-order chi connectivity index (χ1) is 11.5. The minimum Gasteiger partial charge on any atom is -0.347 e. The van der Waals surface area contributed by atoms with Crippen LogP contribution in [0.4, 0.5) is 4.39 Å². The fourth-order valence-corrected chi connectivity index (χ4v) is 3.20. The van der Waals surface area contributed by atoms with E-state index in [4.69, 9.17) is 21.1 Å². The third-order valence-electron chi connectivity index (χ3n) is 4.28. The molecule has 8 heteroatoms.